The van der Waals surface area contributed by atoms with E-state index in [1.807, 2.05) is 18.3 Å². The minimum atomic E-state index is -1.15. The molecular formula is C44H64N2O5. The molecule has 0 saturated heterocycles. The van der Waals surface area contributed by atoms with Gasteiger partial charge in [-0.25, -0.2) is 0 Å². The molecule has 10 atom stereocenters. The van der Waals surface area contributed by atoms with Crippen LogP contribution in [0.2, 0.25) is 0 Å². The van der Waals surface area contributed by atoms with E-state index >= 15 is 0 Å². The van der Waals surface area contributed by atoms with Crippen LogP contribution in [0.15, 0.2) is 36.5 Å². The molecule has 2 N–H and O–H groups in total. The summed E-state index contributed by atoms with van der Waals surface area (Å²) in [4.78, 5) is 44.4. The predicted octanol–water partition coefficient (Wildman–Crippen LogP) is 9.26. The maximum atomic E-state index is 14.8. The highest BCUT2D eigenvalue weighted by molar-refractivity contribution is 5.85. The summed E-state index contributed by atoms with van der Waals surface area (Å²) in [6.45, 7) is 22.3. The number of allylic oxidation sites excluding steroid dienone is 1. The van der Waals surface area contributed by atoms with Crippen LogP contribution in [0.1, 0.15) is 145 Å². The minimum absolute atomic E-state index is 0.115. The molecule has 51 heavy (non-hydrogen) atoms. The van der Waals surface area contributed by atoms with Crippen LogP contribution in [-0.2, 0) is 24.7 Å². The number of carbonyl (C=O) groups is 3. The van der Waals surface area contributed by atoms with E-state index < -0.39 is 17.4 Å². The van der Waals surface area contributed by atoms with E-state index in [0.717, 1.165) is 76.3 Å². The second-order valence-corrected chi connectivity index (χ2v) is 20.3. The summed E-state index contributed by atoms with van der Waals surface area (Å²) in [5, 5.41) is 13.3. The van der Waals surface area contributed by atoms with Crippen LogP contribution in [0.4, 0.5) is 0 Å². The van der Waals surface area contributed by atoms with Gasteiger partial charge in [-0.3, -0.25) is 19.4 Å². The van der Waals surface area contributed by atoms with Crippen molar-refractivity contribution in [3.63, 3.8) is 0 Å². The van der Waals surface area contributed by atoms with E-state index in [-0.39, 0.29) is 51.0 Å². The molecule has 1 heterocycles. The smallest absolute Gasteiger partial charge is 0.309 e. The molecule has 0 aliphatic heterocycles. The summed E-state index contributed by atoms with van der Waals surface area (Å²) in [6.07, 6.45) is 13.8. The van der Waals surface area contributed by atoms with Crippen LogP contribution in [0, 0.1) is 62.1 Å². The molecule has 1 aromatic heterocycles. The third kappa shape index (κ3) is 5.30. The van der Waals surface area contributed by atoms with Gasteiger partial charge < -0.3 is 15.2 Å². The van der Waals surface area contributed by atoms with Crippen molar-refractivity contribution in [2.24, 2.45) is 62.1 Å². The monoisotopic (exact) mass is 700 g/mol. The topological polar surface area (TPSA) is 106 Å². The Bertz CT molecular complexity index is 1600. The number of esters is 1. The van der Waals surface area contributed by atoms with Crippen molar-refractivity contribution >= 4 is 17.8 Å². The first-order valence-corrected chi connectivity index (χ1v) is 20.1. The van der Waals surface area contributed by atoms with Gasteiger partial charge in [0.15, 0.2) is 0 Å². The number of carboxylic acid groups (broad SMARTS) is 1. The molecule has 0 spiro atoms. The molecule has 6 aliphatic carbocycles. The van der Waals surface area contributed by atoms with Gasteiger partial charge in [0.05, 0.1) is 28.5 Å². The molecule has 6 aliphatic rings. The SMILES string of the molecule is C=C(C)[C@@H]1CC[C@]2(C(=O)NC3(c4ccccn4)CC3)CC[C@]3(C)[C@H](CC[C@@H]4[C@@]5(C)CC[C@H](OC(=O)CC(C)(C)C(=O)O)C(C)(C)[C@@H]5CC[C@]43C)[C@@H]12. The number of carboxylic acids is 1. The van der Waals surface area contributed by atoms with Gasteiger partial charge in [-0.05, 0) is 156 Å². The van der Waals surface area contributed by atoms with Crippen molar-refractivity contribution in [3.05, 3.63) is 42.2 Å². The summed E-state index contributed by atoms with van der Waals surface area (Å²) in [5.41, 5.74) is 0.578. The molecule has 7 nitrogen and oxygen atoms in total. The van der Waals surface area contributed by atoms with E-state index in [2.05, 4.69) is 64.5 Å². The Morgan fingerprint density at radius 2 is 1.63 bits per heavy atom. The summed E-state index contributed by atoms with van der Waals surface area (Å²) in [7, 11) is 0. The minimum Gasteiger partial charge on any atom is -0.481 e. The van der Waals surface area contributed by atoms with Crippen molar-refractivity contribution in [3.8, 4) is 0 Å². The Labute approximate surface area is 306 Å². The number of ether oxygens (including phenoxy) is 1. The van der Waals surface area contributed by atoms with Gasteiger partial charge >= 0.3 is 11.9 Å². The van der Waals surface area contributed by atoms with E-state index in [1.165, 1.54) is 12.0 Å². The Kier molecular flexibility index (Phi) is 8.55. The van der Waals surface area contributed by atoms with Crippen LogP contribution >= 0.6 is 0 Å². The maximum absolute atomic E-state index is 14.8. The van der Waals surface area contributed by atoms with Crippen molar-refractivity contribution in [1.29, 1.82) is 0 Å². The zero-order valence-electron chi connectivity index (χ0n) is 32.7. The van der Waals surface area contributed by atoms with E-state index in [9.17, 15) is 19.5 Å². The largest absolute Gasteiger partial charge is 0.481 e. The number of carbonyl (C=O) groups excluding carboxylic acids is 2. The molecule has 0 radical (unpaired) electrons. The standard InChI is InChI=1S/C44H64N2O5/c1-27(2)28-15-20-43(36(48)46-44(23-24-44)32-12-10-11-25-45-32)22-21-41(8)29(35(28)43)13-14-31-40(7)18-17-33(51-34(47)26-38(3,4)37(49)50)39(5,6)30(40)16-19-42(31,41)9/h10-12,25,28-31,33,35H,1,13-24,26H2,2-9H3,(H,46,48)(H,49,50)/t28-,29+,30-,31+,33-,35+,40-,41+,42+,43-/m0/s1. The lowest BCUT2D eigenvalue weighted by molar-refractivity contribution is -0.249. The molecule has 7 heteroatoms. The average molecular weight is 701 g/mol. The highest BCUT2D eigenvalue weighted by atomic mass is 16.5. The molecule has 0 aromatic carbocycles. The Hall–Kier alpha value is -2.70. The Balaban J connectivity index is 1.15. The number of amides is 1. The van der Waals surface area contributed by atoms with Gasteiger partial charge in [-0.2, -0.15) is 0 Å². The lowest BCUT2D eigenvalue weighted by Crippen LogP contribution is -2.67. The predicted molar refractivity (Wildman–Crippen MR) is 198 cm³/mol. The van der Waals surface area contributed by atoms with Crippen LogP contribution < -0.4 is 5.32 Å². The lowest BCUT2D eigenvalue weighted by atomic mass is 9.32. The van der Waals surface area contributed by atoms with E-state index in [0.29, 0.717) is 29.6 Å². The zero-order valence-corrected chi connectivity index (χ0v) is 32.7. The number of pyridine rings is 1. The van der Waals surface area contributed by atoms with E-state index in [1.54, 1.807) is 13.8 Å². The fourth-order valence-corrected chi connectivity index (χ4v) is 13.9. The second-order valence-electron chi connectivity index (χ2n) is 20.3. The Morgan fingerprint density at radius 3 is 2.25 bits per heavy atom. The highest BCUT2D eigenvalue weighted by Crippen LogP contribution is 2.77. The number of nitrogens with zero attached hydrogens (tertiary/aromatic N) is 1. The van der Waals surface area contributed by atoms with Gasteiger partial charge in [0.2, 0.25) is 5.91 Å². The molecule has 1 aromatic rings. The van der Waals surface area contributed by atoms with Gasteiger partial charge in [-0.1, -0.05) is 52.8 Å². The maximum Gasteiger partial charge on any atom is 0.309 e. The van der Waals surface area contributed by atoms with Crippen LogP contribution in [0.3, 0.4) is 0 Å². The first kappa shape index (κ1) is 36.6. The van der Waals surface area contributed by atoms with Crippen LogP contribution in [0.5, 0.6) is 0 Å². The number of hydrogen-bond acceptors (Lipinski definition) is 5. The van der Waals surface area contributed by atoms with Gasteiger partial charge in [0.1, 0.15) is 6.10 Å². The summed E-state index contributed by atoms with van der Waals surface area (Å²) in [5.74, 6) is 0.994. The van der Waals surface area contributed by atoms with E-state index in [4.69, 9.17) is 4.74 Å². The van der Waals surface area contributed by atoms with Gasteiger partial charge in [-0.15, -0.1) is 0 Å². The molecule has 6 saturated carbocycles. The first-order chi connectivity index (χ1) is 23.8. The third-order valence-electron chi connectivity index (χ3n) is 17.2. The van der Waals surface area contributed by atoms with Crippen molar-refractivity contribution in [1.82, 2.24) is 10.3 Å². The van der Waals surface area contributed by atoms with Crippen LogP contribution in [0.25, 0.3) is 0 Å². The summed E-state index contributed by atoms with van der Waals surface area (Å²) < 4.78 is 6.18. The van der Waals surface area contributed by atoms with Crippen molar-refractivity contribution < 1.29 is 24.2 Å². The normalized spacial score (nSPS) is 41.9. The highest BCUT2D eigenvalue weighted by Gasteiger charge is 2.72. The molecule has 0 bridgehead atoms. The average Bonchev–Trinajstić information content (AvgIpc) is 3.72. The number of aromatic nitrogens is 1. The summed E-state index contributed by atoms with van der Waals surface area (Å²) >= 11 is 0. The number of fused-ring (bicyclic) bond motifs is 7. The molecule has 0 unspecified atom stereocenters. The number of nitrogens with one attached hydrogen (secondary N) is 1. The van der Waals surface area contributed by atoms with Crippen LogP contribution in [-0.4, -0.2) is 34.0 Å². The molecule has 280 valence electrons. The molecule has 7 rings (SSSR count). The molecular weight excluding hydrogens is 636 g/mol. The lowest BCUT2D eigenvalue weighted by Gasteiger charge is -2.72. The molecule has 6 fully saturated rings. The number of hydrogen-bond donors (Lipinski definition) is 2. The first-order valence-electron chi connectivity index (χ1n) is 20.1. The molecule has 1 amide bonds. The zero-order chi connectivity index (χ0) is 37.0. The van der Waals surface area contributed by atoms with Crippen molar-refractivity contribution in [2.75, 3.05) is 0 Å². The quantitative estimate of drug-likeness (QED) is 0.207. The third-order valence-corrected chi connectivity index (χ3v) is 17.2. The van der Waals surface area contributed by atoms with Crippen molar-refractivity contribution in [2.45, 2.75) is 151 Å². The van der Waals surface area contributed by atoms with Gasteiger partial charge in [0, 0.05) is 11.6 Å². The van der Waals surface area contributed by atoms with Gasteiger partial charge in [0.25, 0.3) is 0 Å². The summed E-state index contributed by atoms with van der Waals surface area (Å²) in [6, 6.07) is 6.06. The fraction of sp³-hybridized carbons (Fsp3) is 0.773. The second kappa shape index (κ2) is 11.9. The Morgan fingerprint density at radius 1 is 0.902 bits per heavy atom. The fourth-order valence-electron chi connectivity index (χ4n) is 13.9. The number of aliphatic carboxylic acids is 1. The number of rotatable bonds is 8.